The number of rotatable bonds is 3. The lowest BCUT2D eigenvalue weighted by Crippen LogP contribution is -2.33. The Morgan fingerprint density at radius 1 is 1.20 bits per heavy atom. The Kier molecular flexibility index (Phi) is 4.56. The Morgan fingerprint density at radius 3 is 2.56 bits per heavy atom. The van der Waals surface area contributed by atoms with Gasteiger partial charge in [0.05, 0.1) is 12.7 Å². The third kappa shape index (κ3) is 3.26. The van der Waals surface area contributed by atoms with Gasteiger partial charge in [-0.15, -0.1) is 0 Å². The summed E-state index contributed by atoms with van der Waals surface area (Å²) in [5.74, 6) is -1.32. The van der Waals surface area contributed by atoms with Crippen LogP contribution in [0.2, 0.25) is 0 Å². The summed E-state index contributed by atoms with van der Waals surface area (Å²) in [5, 5.41) is 2.90. The van der Waals surface area contributed by atoms with Gasteiger partial charge in [0, 0.05) is 11.9 Å². The number of benzene rings is 1. The van der Waals surface area contributed by atoms with Gasteiger partial charge in [0.25, 0.3) is 0 Å². The van der Waals surface area contributed by atoms with Crippen LogP contribution in [0, 0.1) is 11.6 Å². The van der Waals surface area contributed by atoms with Crippen molar-refractivity contribution < 1.29 is 18.3 Å². The molecule has 0 radical (unpaired) electrons. The van der Waals surface area contributed by atoms with Gasteiger partial charge in [0.1, 0.15) is 17.6 Å². The lowest BCUT2D eigenvalue weighted by atomic mass is 9.96. The van der Waals surface area contributed by atoms with Gasteiger partial charge < -0.3 is 10.1 Å². The Balaban J connectivity index is 2.12. The van der Waals surface area contributed by atoms with Gasteiger partial charge in [-0.05, 0) is 36.8 Å². The third-order valence-corrected chi connectivity index (χ3v) is 3.82. The van der Waals surface area contributed by atoms with E-state index in [4.69, 9.17) is 4.74 Å². The van der Waals surface area contributed by atoms with Crippen LogP contribution in [-0.4, -0.2) is 23.9 Å². The number of pyridine rings is 1. The molecule has 3 rings (SSSR count). The first-order valence-electron chi connectivity index (χ1n) is 7.51. The average molecular weight is 343 g/mol. The molecule has 1 aromatic heterocycles. The van der Waals surface area contributed by atoms with Crippen LogP contribution in [-0.2, 0) is 9.53 Å². The number of nitrogens with zero attached hydrogens (tertiary/aromatic N) is 2. The molecule has 2 aromatic rings. The van der Waals surface area contributed by atoms with Crippen molar-refractivity contribution in [3.8, 4) is 0 Å². The van der Waals surface area contributed by atoms with E-state index in [0.717, 1.165) is 0 Å². The van der Waals surface area contributed by atoms with Crippen molar-refractivity contribution in [1.82, 2.24) is 10.3 Å². The zero-order valence-corrected chi connectivity index (χ0v) is 13.6. The summed E-state index contributed by atoms with van der Waals surface area (Å²) in [6.45, 7) is 1.66. The fraction of sp³-hybridized carbons (Fsp3) is 0.167. The first kappa shape index (κ1) is 16.8. The summed E-state index contributed by atoms with van der Waals surface area (Å²) < 4.78 is 32.1. The Morgan fingerprint density at radius 2 is 1.92 bits per heavy atom. The Bertz CT molecular complexity index is 876. The number of nitrogens with one attached hydrogen (secondary N) is 1. The molecule has 25 heavy (non-hydrogen) atoms. The van der Waals surface area contributed by atoms with E-state index >= 15 is 0 Å². The van der Waals surface area contributed by atoms with Crippen LogP contribution < -0.4 is 5.32 Å². The normalized spacial score (nSPS) is 17.0. The quantitative estimate of drug-likeness (QED) is 0.871. The molecule has 1 aliphatic heterocycles. The zero-order chi connectivity index (χ0) is 18.0. The number of amidine groups is 1. The first-order chi connectivity index (χ1) is 12.0. The van der Waals surface area contributed by atoms with Crippen LogP contribution >= 0.6 is 0 Å². The molecule has 128 valence electrons. The highest BCUT2D eigenvalue weighted by atomic mass is 19.1. The molecule has 0 saturated carbocycles. The van der Waals surface area contributed by atoms with Gasteiger partial charge in [-0.3, -0.25) is 4.99 Å². The summed E-state index contributed by atoms with van der Waals surface area (Å²) >= 11 is 0. The molecule has 1 aromatic carbocycles. The molecule has 5 nitrogen and oxygen atoms in total. The monoisotopic (exact) mass is 343 g/mol. The van der Waals surface area contributed by atoms with Crippen LogP contribution in [0.3, 0.4) is 0 Å². The van der Waals surface area contributed by atoms with Gasteiger partial charge in [0.15, 0.2) is 11.7 Å². The second kappa shape index (κ2) is 6.80. The molecular weight excluding hydrogens is 328 g/mol. The lowest BCUT2D eigenvalue weighted by Gasteiger charge is -2.25. The highest BCUT2D eigenvalue weighted by Crippen LogP contribution is 2.32. The highest BCUT2D eigenvalue weighted by Gasteiger charge is 2.31. The summed E-state index contributed by atoms with van der Waals surface area (Å²) in [4.78, 5) is 20.6. The number of aliphatic imine (C=N–C) groups is 1. The maximum absolute atomic E-state index is 14.1. The molecule has 2 heterocycles. The number of esters is 1. The van der Waals surface area contributed by atoms with E-state index in [0.29, 0.717) is 11.3 Å². The molecule has 7 heteroatoms. The number of ether oxygens (including phenoxy) is 1. The van der Waals surface area contributed by atoms with Gasteiger partial charge in [-0.25, -0.2) is 18.6 Å². The molecular formula is C18H15F2N3O2. The van der Waals surface area contributed by atoms with Crippen LogP contribution in [0.1, 0.15) is 24.2 Å². The second-order valence-electron chi connectivity index (χ2n) is 5.42. The highest BCUT2D eigenvalue weighted by molar-refractivity contribution is 6.02. The molecule has 1 atom stereocenters. The van der Waals surface area contributed by atoms with E-state index in [1.165, 1.54) is 49.7 Å². The smallest absolute Gasteiger partial charge is 0.338 e. The molecule has 0 saturated heterocycles. The van der Waals surface area contributed by atoms with Crippen molar-refractivity contribution in [3.63, 3.8) is 0 Å². The topological polar surface area (TPSA) is 63.6 Å². The molecule has 0 spiro atoms. The van der Waals surface area contributed by atoms with Gasteiger partial charge >= 0.3 is 5.97 Å². The molecule has 0 bridgehead atoms. The Labute approximate surface area is 143 Å². The van der Waals surface area contributed by atoms with Crippen LogP contribution in [0.25, 0.3) is 0 Å². The minimum absolute atomic E-state index is 0.0397. The molecule has 1 unspecified atom stereocenters. The predicted molar refractivity (Wildman–Crippen MR) is 87.7 cm³/mol. The van der Waals surface area contributed by atoms with Gasteiger partial charge in [0.2, 0.25) is 0 Å². The Hall–Kier alpha value is -3.09. The van der Waals surface area contributed by atoms with Crippen molar-refractivity contribution in [2.75, 3.05) is 7.11 Å². The lowest BCUT2D eigenvalue weighted by molar-refractivity contribution is -0.136. The van der Waals surface area contributed by atoms with E-state index in [-0.39, 0.29) is 17.1 Å². The number of aromatic nitrogens is 1. The zero-order valence-electron chi connectivity index (χ0n) is 13.6. The largest absolute Gasteiger partial charge is 0.466 e. The standard InChI is InChI=1S/C18H15F2N3O2/c1-10-14(18(24)25-2)15(11-5-7-12(19)8-6-11)23-17(22-10)16-13(20)4-3-9-21-16/h3-9,15H,1-2H3,(H,22,23). The van der Waals surface area contributed by atoms with Crippen molar-refractivity contribution in [2.24, 2.45) is 4.99 Å². The molecule has 0 fully saturated rings. The first-order valence-corrected chi connectivity index (χ1v) is 7.51. The predicted octanol–water partition coefficient (Wildman–Crippen LogP) is 2.90. The van der Waals surface area contributed by atoms with Crippen LogP contribution in [0.5, 0.6) is 0 Å². The number of hydrogen-bond acceptors (Lipinski definition) is 5. The fourth-order valence-electron chi connectivity index (χ4n) is 2.62. The van der Waals surface area contributed by atoms with Crippen molar-refractivity contribution >= 4 is 11.8 Å². The summed E-state index contributed by atoms with van der Waals surface area (Å²) in [6.07, 6.45) is 1.45. The molecule has 0 aliphatic carbocycles. The van der Waals surface area contributed by atoms with Gasteiger partial charge in [-0.1, -0.05) is 12.1 Å². The number of methoxy groups -OCH3 is 1. The van der Waals surface area contributed by atoms with E-state index in [9.17, 15) is 13.6 Å². The van der Waals surface area contributed by atoms with E-state index in [2.05, 4.69) is 15.3 Å². The maximum Gasteiger partial charge on any atom is 0.338 e. The van der Waals surface area contributed by atoms with E-state index < -0.39 is 23.6 Å². The summed E-state index contributed by atoms with van der Waals surface area (Å²) in [7, 11) is 1.27. The maximum atomic E-state index is 14.1. The minimum atomic E-state index is -0.759. The second-order valence-corrected chi connectivity index (χ2v) is 5.42. The number of carbonyl (C=O) groups excluding carboxylic acids is 1. The molecule has 1 aliphatic rings. The minimum Gasteiger partial charge on any atom is -0.466 e. The van der Waals surface area contributed by atoms with Crippen LogP contribution in [0.15, 0.2) is 58.9 Å². The van der Waals surface area contributed by atoms with Crippen molar-refractivity contribution in [3.05, 3.63) is 76.8 Å². The van der Waals surface area contributed by atoms with E-state index in [1.807, 2.05) is 0 Å². The molecule has 0 amide bonds. The summed E-state index contributed by atoms with van der Waals surface area (Å²) in [5.41, 5.74) is 1.36. The number of allylic oxidation sites excluding steroid dienone is 1. The van der Waals surface area contributed by atoms with Gasteiger partial charge in [-0.2, -0.15) is 0 Å². The number of carbonyl (C=O) groups is 1. The fourth-order valence-corrected chi connectivity index (χ4v) is 2.62. The average Bonchev–Trinajstić information content (AvgIpc) is 2.61. The third-order valence-electron chi connectivity index (χ3n) is 3.82. The summed E-state index contributed by atoms with van der Waals surface area (Å²) in [6, 6.07) is 7.59. The van der Waals surface area contributed by atoms with Crippen molar-refractivity contribution in [1.29, 1.82) is 0 Å². The SMILES string of the molecule is COC(=O)C1=C(C)NC(c2ncccc2F)=NC1c1ccc(F)cc1. The van der Waals surface area contributed by atoms with Crippen LogP contribution in [0.4, 0.5) is 8.78 Å². The van der Waals surface area contributed by atoms with Crippen molar-refractivity contribution in [2.45, 2.75) is 13.0 Å². The number of hydrogen-bond donors (Lipinski definition) is 1. The molecule has 1 N–H and O–H groups in total. The number of halogens is 2. The van der Waals surface area contributed by atoms with E-state index in [1.54, 1.807) is 6.92 Å².